The maximum atomic E-state index is 13.0. The normalized spacial score (nSPS) is 29.4. The molecule has 5 nitrogen and oxygen atoms in total. The molecule has 132 valence electrons. The van der Waals surface area contributed by atoms with Crippen LogP contribution in [0, 0.1) is 5.92 Å². The Morgan fingerprint density at radius 1 is 1.29 bits per heavy atom. The van der Waals surface area contributed by atoms with E-state index < -0.39 is 12.1 Å². The van der Waals surface area contributed by atoms with Crippen LogP contribution < -0.4 is 20.4 Å². The molecule has 0 amide bonds. The Labute approximate surface area is 139 Å². The van der Waals surface area contributed by atoms with Crippen molar-refractivity contribution in [2.24, 2.45) is 5.92 Å². The molecule has 0 spiro atoms. The molecule has 0 aromatic carbocycles. The molecule has 4 heterocycles. The van der Waals surface area contributed by atoms with Crippen LogP contribution in [0.15, 0.2) is 12.1 Å². The Kier molecular flexibility index (Phi) is 3.56. The van der Waals surface area contributed by atoms with Crippen molar-refractivity contribution in [2.45, 2.75) is 31.1 Å². The third-order valence-electron chi connectivity index (χ3n) is 5.51. The molecule has 8 heteroatoms. The first-order valence-electron chi connectivity index (χ1n) is 8.45. The third kappa shape index (κ3) is 2.56. The number of pyridine rings is 1. The summed E-state index contributed by atoms with van der Waals surface area (Å²) in [6.45, 7) is 2.44. The average molecular weight is 341 g/mol. The number of hydrogen-bond donors (Lipinski definition) is 2. The molecule has 24 heavy (non-hydrogen) atoms. The van der Waals surface area contributed by atoms with E-state index in [1.165, 1.54) is 0 Å². The minimum atomic E-state index is -4.13. The number of halogens is 3. The summed E-state index contributed by atoms with van der Waals surface area (Å²) >= 11 is 0. The van der Waals surface area contributed by atoms with E-state index >= 15 is 0 Å². The minimum Gasteiger partial charge on any atom is -0.365 e. The van der Waals surface area contributed by atoms with E-state index in [0.29, 0.717) is 18.8 Å². The maximum Gasteiger partial charge on any atom is 0.393 e. The Hall–Kier alpha value is -1.70. The zero-order valence-electron chi connectivity index (χ0n) is 13.7. The van der Waals surface area contributed by atoms with Gasteiger partial charge in [0.05, 0.1) is 18.2 Å². The number of hydrogen-bond acceptors (Lipinski definition) is 5. The van der Waals surface area contributed by atoms with Crippen molar-refractivity contribution in [1.29, 1.82) is 0 Å². The zero-order chi connectivity index (χ0) is 16.9. The van der Waals surface area contributed by atoms with Crippen LogP contribution in [-0.4, -0.2) is 50.0 Å². The molecule has 2 atom stereocenters. The van der Waals surface area contributed by atoms with Gasteiger partial charge < -0.3 is 15.1 Å². The largest absolute Gasteiger partial charge is 0.393 e. The van der Waals surface area contributed by atoms with Gasteiger partial charge in [-0.25, -0.2) is 4.98 Å². The first kappa shape index (κ1) is 15.8. The van der Waals surface area contributed by atoms with Gasteiger partial charge in [0.15, 0.2) is 5.82 Å². The summed E-state index contributed by atoms with van der Waals surface area (Å²) in [7, 11) is 1.92. The highest BCUT2D eigenvalue weighted by molar-refractivity contribution is 5.73. The smallest absolute Gasteiger partial charge is 0.365 e. The van der Waals surface area contributed by atoms with Gasteiger partial charge >= 0.3 is 6.18 Å². The fourth-order valence-electron chi connectivity index (χ4n) is 4.03. The van der Waals surface area contributed by atoms with E-state index in [1.807, 2.05) is 19.2 Å². The lowest BCUT2D eigenvalue weighted by Gasteiger charge is -2.38. The number of rotatable bonds is 2. The SMILES string of the molecule is CN[C@]12CCN(C1)c1ccc(N3CCCC(C(F)(F)F)C3)nc1N2. The highest BCUT2D eigenvalue weighted by Crippen LogP contribution is 2.40. The summed E-state index contributed by atoms with van der Waals surface area (Å²) in [4.78, 5) is 8.69. The van der Waals surface area contributed by atoms with Gasteiger partial charge in [-0.05, 0) is 32.0 Å². The average Bonchev–Trinajstić information content (AvgIpc) is 2.93. The van der Waals surface area contributed by atoms with Crippen LogP contribution in [0.5, 0.6) is 0 Å². The molecule has 3 aliphatic rings. The van der Waals surface area contributed by atoms with Crippen LogP contribution >= 0.6 is 0 Å². The number of nitrogens with one attached hydrogen (secondary N) is 2. The van der Waals surface area contributed by atoms with Crippen LogP contribution in [0.4, 0.5) is 30.5 Å². The summed E-state index contributed by atoms with van der Waals surface area (Å²) < 4.78 is 39.1. The maximum absolute atomic E-state index is 13.0. The van der Waals surface area contributed by atoms with Gasteiger partial charge in [-0.15, -0.1) is 0 Å². The second-order valence-electron chi connectivity index (χ2n) is 6.99. The van der Waals surface area contributed by atoms with Crippen LogP contribution in [0.25, 0.3) is 0 Å². The number of alkyl halides is 3. The van der Waals surface area contributed by atoms with Crippen molar-refractivity contribution in [3.05, 3.63) is 12.1 Å². The van der Waals surface area contributed by atoms with E-state index in [4.69, 9.17) is 0 Å². The van der Waals surface area contributed by atoms with Gasteiger partial charge in [-0.2, -0.15) is 13.2 Å². The highest BCUT2D eigenvalue weighted by atomic mass is 19.4. The summed E-state index contributed by atoms with van der Waals surface area (Å²) in [5, 5.41) is 6.78. The lowest BCUT2D eigenvalue weighted by molar-refractivity contribution is -0.176. The molecule has 3 aliphatic heterocycles. The van der Waals surface area contributed by atoms with Crippen molar-refractivity contribution >= 4 is 17.3 Å². The number of anilines is 3. The van der Waals surface area contributed by atoms with Gasteiger partial charge in [0.2, 0.25) is 0 Å². The monoisotopic (exact) mass is 341 g/mol. The fraction of sp³-hybridized carbons (Fsp3) is 0.688. The molecule has 2 saturated heterocycles. The predicted octanol–water partition coefficient (Wildman–Crippen LogP) is 2.41. The first-order valence-corrected chi connectivity index (χ1v) is 8.45. The van der Waals surface area contributed by atoms with E-state index in [0.717, 1.165) is 31.0 Å². The van der Waals surface area contributed by atoms with E-state index in [1.54, 1.807) is 4.90 Å². The van der Waals surface area contributed by atoms with Crippen molar-refractivity contribution in [1.82, 2.24) is 10.3 Å². The zero-order valence-corrected chi connectivity index (χ0v) is 13.7. The van der Waals surface area contributed by atoms with Crippen molar-refractivity contribution in [3.63, 3.8) is 0 Å². The molecule has 1 aromatic heterocycles. The van der Waals surface area contributed by atoms with Gasteiger partial charge in [0.1, 0.15) is 11.5 Å². The van der Waals surface area contributed by atoms with Gasteiger partial charge in [-0.1, -0.05) is 0 Å². The Balaban J connectivity index is 1.59. The highest BCUT2D eigenvalue weighted by Gasteiger charge is 2.44. The molecular weight excluding hydrogens is 319 g/mol. The van der Waals surface area contributed by atoms with Crippen molar-refractivity contribution < 1.29 is 13.2 Å². The summed E-state index contributed by atoms with van der Waals surface area (Å²) in [6, 6.07) is 3.83. The minimum absolute atomic E-state index is 0.00380. The second-order valence-corrected chi connectivity index (χ2v) is 6.99. The molecule has 0 radical (unpaired) electrons. The fourth-order valence-corrected chi connectivity index (χ4v) is 4.03. The predicted molar refractivity (Wildman–Crippen MR) is 87.5 cm³/mol. The Morgan fingerprint density at radius 3 is 2.88 bits per heavy atom. The number of piperidine rings is 1. The molecular formula is C16H22F3N5. The van der Waals surface area contributed by atoms with Gasteiger partial charge in [-0.3, -0.25) is 5.32 Å². The van der Waals surface area contributed by atoms with Gasteiger partial charge in [0, 0.05) is 26.1 Å². The number of likely N-dealkylation sites (N-methyl/N-ethyl adjacent to an activating group) is 1. The molecule has 1 aromatic rings. The second kappa shape index (κ2) is 5.40. The first-order chi connectivity index (χ1) is 11.4. The number of nitrogens with zero attached hydrogens (tertiary/aromatic N) is 3. The van der Waals surface area contributed by atoms with Crippen molar-refractivity contribution in [2.75, 3.05) is 48.3 Å². The van der Waals surface area contributed by atoms with E-state index in [-0.39, 0.29) is 18.6 Å². The molecule has 1 unspecified atom stereocenters. The molecule has 0 saturated carbocycles. The topological polar surface area (TPSA) is 43.4 Å². The molecule has 2 fully saturated rings. The summed E-state index contributed by atoms with van der Waals surface area (Å²) in [5.41, 5.74) is 0.848. The summed E-state index contributed by atoms with van der Waals surface area (Å²) in [6.07, 6.45) is -2.41. The van der Waals surface area contributed by atoms with E-state index in [9.17, 15) is 13.2 Å². The summed E-state index contributed by atoms with van der Waals surface area (Å²) in [5.74, 6) is 0.129. The van der Waals surface area contributed by atoms with Gasteiger partial charge in [0.25, 0.3) is 0 Å². The van der Waals surface area contributed by atoms with Crippen molar-refractivity contribution in [3.8, 4) is 0 Å². The number of fused-ring (bicyclic) bond motifs is 4. The van der Waals surface area contributed by atoms with Crippen LogP contribution in [0.3, 0.4) is 0 Å². The molecule has 2 N–H and O–H groups in total. The van der Waals surface area contributed by atoms with Crippen LogP contribution in [0.2, 0.25) is 0 Å². The Bertz CT molecular complexity index is 635. The number of aromatic nitrogens is 1. The molecule has 2 bridgehead atoms. The standard InChI is InChI=1S/C16H22F3N5/c1-20-15-6-8-24(10-15)12-4-5-13(21-14(12)22-15)23-7-2-3-11(9-23)16(17,18)19/h4-5,11,20H,2-3,6-10H2,1H3,(H,21,22)/t11?,15-/m0/s1. The van der Waals surface area contributed by atoms with E-state index in [2.05, 4.69) is 20.5 Å². The molecule has 0 aliphatic carbocycles. The third-order valence-corrected chi connectivity index (χ3v) is 5.51. The molecule has 4 rings (SSSR count). The lowest BCUT2D eigenvalue weighted by Crippen LogP contribution is -2.54. The quantitative estimate of drug-likeness (QED) is 0.865. The van der Waals surface area contributed by atoms with Crippen LogP contribution in [0.1, 0.15) is 19.3 Å². The Morgan fingerprint density at radius 2 is 2.12 bits per heavy atom. The lowest BCUT2D eigenvalue weighted by atomic mass is 9.97. The van der Waals surface area contributed by atoms with Crippen LogP contribution in [-0.2, 0) is 0 Å².